The van der Waals surface area contributed by atoms with Gasteiger partial charge < -0.3 is 10.5 Å². The molecule has 0 aliphatic rings. The van der Waals surface area contributed by atoms with Gasteiger partial charge in [-0.1, -0.05) is 6.07 Å². The molecule has 2 N–H and O–H groups in total. The number of aromatic nitrogens is 2. The number of aryl methyl sites for hydroxylation is 2. The number of ketones is 1. The lowest BCUT2D eigenvalue weighted by molar-refractivity contribution is 0.0465. The lowest BCUT2D eigenvalue weighted by atomic mass is 9.92. The highest BCUT2D eigenvalue weighted by Gasteiger charge is 2.18. The summed E-state index contributed by atoms with van der Waals surface area (Å²) in [6, 6.07) is 1.92. The fourth-order valence-corrected chi connectivity index (χ4v) is 2.70. The third-order valence-electron chi connectivity index (χ3n) is 3.75. The Bertz CT molecular complexity index is 785. The van der Waals surface area contributed by atoms with Gasteiger partial charge in [0.25, 0.3) is 0 Å². The minimum Gasteiger partial charge on any atom is -0.456 e. The lowest BCUT2D eigenvalue weighted by Gasteiger charge is -2.16. The van der Waals surface area contributed by atoms with E-state index < -0.39 is 5.97 Å². The minimum atomic E-state index is -0.639. The first-order valence-corrected chi connectivity index (χ1v) is 7.17. The molecule has 6 heteroatoms. The molecule has 0 atom stereocenters. The topological polar surface area (TPSA) is 95.2 Å². The number of anilines is 1. The van der Waals surface area contributed by atoms with E-state index in [4.69, 9.17) is 10.5 Å². The van der Waals surface area contributed by atoms with E-state index in [0.717, 1.165) is 22.3 Å². The van der Waals surface area contributed by atoms with Crippen molar-refractivity contribution in [3.05, 3.63) is 52.0 Å². The van der Waals surface area contributed by atoms with E-state index in [-0.39, 0.29) is 23.9 Å². The molecule has 0 saturated carbocycles. The van der Waals surface area contributed by atoms with Crippen LogP contribution in [0.4, 0.5) is 5.82 Å². The van der Waals surface area contributed by atoms with Gasteiger partial charge in [-0.05, 0) is 49.9 Å². The molecule has 0 aliphatic heterocycles. The average molecular weight is 313 g/mol. The number of rotatable bonds is 4. The summed E-state index contributed by atoms with van der Waals surface area (Å²) in [4.78, 5) is 31.6. The maximum atomic E-state index is 12.1. The Morgan fingerprint density at radius 2 is 1.78 bits per heavy atom. The van der Waals surface area contributed by atoms with Crippen LogP contribution in [0.2, 0.25) is 0 Å². The van der Waals surface area contributed by atoms with Gasteiger partial charge in [0.1, 0.15) is 6.61 Å². The summed E-state index contributed by atoms with van der Waals surface area (Å²) < 4.78 is 5.30. The number of benzene rings is 1. The van der Waals surface area contributed by atoms with E-state index in [1.165, 1.54) is 19.3 Å². The molecule has 0 radical (unpaired) electrons. The summed E-state index contributed by atoms with van der Waals surface area (Å²) in [5.74, 6) is -0.621. The zero-order chi connectivity index (χ0) is 17.1. The fraction of sp³-hybridized carbons (Fsp3) is 0.294. The first-order valence-electron chi connectivity index (χ1n) is 7.17. The van der Waals surface area contributed by atoms with Gasteiger partial charge in [-0.3, -0.25) is 4.79 Å². The van der Waals surface area contributed by atoms with Gasteiger partial charge in [0.15, 0.2) is 17.3 Å². The van der Waals surface area contributed by atoms with Gasteiger partial charge in [0.2, 0.25) is 0 Å². The Balaban J connectivity index is 2.28. The smallest absolute Gasteiger partial charge is 0.361 e. The van der Waals surface area contributed by atoms with Gasteiger partial charge >= 0.3 is 5.97 Å². The molecule has 0 spiro atoms. The van der Waals surface area contributed by atoms with Crippen LogP contribution >= 0.6 is 0 Å². The molecule has 1 aromatic heterocycles. The molecule has 0 fully saturated rings. The second-order valence-corrected chi connectivity index (χ2v) is 5.41. The first kappa shape index (κ1) is 16.6. The molecule has 120 valence electrons. The van der Waals surface area contributed by atoms with Crippen molar-refractivity contribution < 1.29 is 14.3 Å². The van der Waals surface area contributed by atoms with Crippen molar-refractivity contribution in [2.75, 3.05) is 5.73 Å². The summed E-state index contributed by atoms with van der Waals surface area (Å²) in [7, 11) is 0. The van der Waals surface area contributed by atoms with E-state index in [0.29, 0.717) is 5.56 Å². The Morgan fingerprint density at radius 3 is 2.39 bits per heavy atom. The second kappa shape index (κ2) is 6.56. The van der Waals surface area contributed by atoms with Gasteiger partial charge in [0, 0.05) is 18.0 Å². The Morgan fingerprint density at radius 1 is 1.13 bits per heavy atom. The molecule has 23 heavy (non-hydrogen) atoms. The molecule has 2 aromatic rings. The zero-order valence-corrected chi connectivity index (χ0v) is 13.6. The van der Waals surface area contributed by atoms with Crippen molar-refractivity contribution >= 4 is 17.6 Å². The predicted octanol–water partition coefficient (Wildman–Crippen LogP) is 2.54. The highest BCUT2D eigenvalue weighted by atomic mass is 16.5. The number of Topliss-reactive ketones (excluding diaryl/α,β-unsaturated/α-hetero) is 1. The van der Waals surface area contributed by atoms with Crippen LogP contribution < -0.4 is 5.73 Å². The van der Waals surface area contributed by atoms with Gasteiger partial charge in [-0.2, -0.15) is 0 Å². The summed E-state index contributed by atoms with van der Waals surface area (Å²) >= 11 is 0. The molecule has 0 amide bonds. The van der Waals surface area contributed by atoms with Crippen LogP contribution in [0.3, 0.4) is 0 Å². The third kappa shape index (κ3) is 3.36. The largest absolute Gasteiger partial charge is 0.456 e. The molecule has 0 saturated heterocycles. The molecule has 1 heterocycles. The average Bonchev–Trinajstić information content (AvgIpc) is 2.46. The van der Waals surface area contributed by atoms with Crippen LogP contribution in [0.1, 0.15) is 50.0 Å². The highest BCUT2D eigenvalue weighted by molar-refractivity contribution is 5.97. The summed E-state index contributed by atoms with van der Waals surface area (Å²) in [5, 5.41) is 0. The second-order valence-electron chi connectivity index (χ2n) is 5.41. The van der Waals surface area contributed by atoms with E-state index in [1.807, 2.05) is 26.8 Å². The van der Waals surface area contributed by atoms with Gasteiger partial charge in [-0.15, -0.1) is 0 Å². The number of nitrogens with two attached hydrogens (primary N) is 1. The number of carbonyl (C=O) groups is 2. The van der Waals surface area contributed by atoms with Gasteiger partial charge in [-0.25, -0.2) is 14.8 Å². The minimum absolute atomic E-state index is 0.00857. The molecular formula is C17H19N3O3. The van der Waals surface area contributed by atoms with E-state index >= 15 is 0 Å². The monoisotopic (exact) mass is 313 g/mol. The molecule has 1 aromatic carbocycles. The fourth-order valence-electron chi connectivity index (χ4n) is 2.70. The maximum Gasteiger partial charge on any atom is 0.361 e. The number of carbonyl (C=O) groups excluding carboxylic acids is 2. The standard InChI is InChI=1S/C17H19N3O3/c1-9-7-10(2)14(12(4)21)11(3)13(9)8-23-17(22)15-16(18)20-6-5-19-15/h5-7H,8H2,1-4H3,(H2,18,20). The van der Waals surface area contributed by atoms with Crippen molar-refractivity contribution in [3.8, 4) is 0 Å². The van der Waals surface area contributed by atoms with E-state index in [2.05, 4.69) is 9.97 Å². The van der Waals surface area contributed by atoms with Crippen LogP contribution in [-0.2, 0) is 11.3 Å². The normalized spacial score (nSPS) is 10.4. The van der Waals surface area contributed by atoms with Crippen LogP contribution in [-0.4, -0.2) is 21.7 Å². The summed E-state index contributed by atoms with van der Waals surface area (Å²) in [5.41, 5.74) is 9.79. The summed E-state index contributed by atoms with van der Waals surface area (Å²) in [6.07, 6.45) is 2.78. The van der Waals surface area contributed by atoms with Crippen LogP contribution in [0.5, 0.6) is 0 Å². The summed E-state index contributed by atoms with van der Waals surface area (Å²) in [6.45, 7) is 7.25. The number of nitrogens with zero attached hydrogens (tertiary/aromatic N) is 2. The molecular weight excluding hydrogens is 294 g/mol. The number of hydrogen-bond acceptors (Lipinski definition) is 6. The van der Waals surface area contributed by atoms with E-state index in [1.54, 1.807) is 0 Å². The third-order valence-corrected chi connectivity index (χ3v) is 3.75. The number of nitrogen functional groups attached to an aromatic ring is 1. The Kier molecular flexibility index (Phi) is 4.74. The lowest BCUT2D eigenvalue weighted by Crippen LogP contribution is -2.13. The van der Waals surface area contributed by atoms with Gasteiger partial charge in [0.05, 0.1) is 0 Å². The molecule has 2 rings (SSSR count). The number of hydrogen-bond donors (Lipinski definition) is 1. The van der Waals surface area contributed by atoms with Crippen LogP contribution in [0.15, 0.2) is 18.5 Å². The Hall–Kier alpha value is -2.76. The Labute approximate surface area is 134 Å². The van der Waals surface area contributed by atoms with Crippen molar-refractivity contribution in [2.45, 2.75) is 34.3 Å². The molecule has 0 aliphatic carbocycles. The van der Waals surface area contributed by atoms with Crippen molar-refractivity contribution in [1.29, 1.82) is 0 Å². The first-order chi connectivity index (χ1) is 10.8. The molecule has 0 unspecified atom stereocenters. The number of ether oxygens (including phenoxy) is 1. The molecule has 6 nitrogen and oxygen atoms in total. The van der Waals surface area contributed by atoms with Crippen molar-refractivity contribution in [3.63, 3.8) is 0 Å². The predicted molar refractivity (Wildman–Crippen MR) is 86.2 cm³/mol. The van der Waals surface area contributed by atoms with Crippen molar-refractivity contribution in [2.24, 2.45) is 0 Å². The highest BCUT2D eigenvalue weighted by Crippen LogP contribution is 2.24. The van der Waals surface area contributed by atoms with Crippen LogP contribution in [0.25, 0.3) is 0 Å². The SMILES string of the molecule is CC(=O)c1c(C)cc(C)c(COC(=O)c2nccnc2N)c1C. The number of esters is 1. The van der Waals surface area contributed by atoms with Crippen LogP contribution in [0, 0.1) is 20.8 Å². The zero-order valence-electron chi connectivity index (χ0n) is 13.6. The van der Waals surface area contributed by atoms with Crippen molar-refractivity contribution in [1.82, 2.24) is 9.97 Å². The maximum absolute atomic E-state index is 12.1. The molecule has 0 bridgehead atoms. The van der Waals surface area contributed by atoms with E-state index in [9.17, 15) is 9.59 Å². The quantitative estimate of drug-likeness (QED) is 0.688.